The van der Waals surface area contributed by atoms with E-state index in [4.69, 9.17) is 11.6 Å². The monoisotopic (exact) mass is 333 g/mol. The summed E-state index contributed by atoms with van der Waals surface area (Å²) in [6.07, 6.45) is 0.747. The molecule has 0 aliphatic carbocycles. The van der Waals surface area contributed by atoms with E-state index in [0.29, 0.717) is 21.0 Å². The summed E-state index contributed by atoms with van der Waals surface area (Å²) in [4.78, 5) is 12.0. The molecule has 0 aromatic heterocycles. The first kappa shape index (κ1) is 15.5. The second-order valence-corrected chi connectivity index (χ2v) is 5.87. The molecule has 0 heterocycles. The average Bonchev–Trinajstić information content (AvgIpc) is 2.31. The summed E-state index contributed by atoms with van der Waals surface area (Å²) in [7, 11) is 0. The Bertz CT molecular complexity index is 423. The summed E-state index contributed by atoms with van der Waals surface area (Å²) in [5, 5.41) is 12.6. The van der Waals surface area contributed by atoms with Crippen LogP contribution in [0.15, 0.2) is 22.7 Å². The van der Waals surface area contributed by atoms with E-state index < -0.39 is 0 Å². The zero-order chi connectivity index (χ0) is 13.7. The van der Waals surface area contributed by atoms with Crippen LogP contribution >= 0.6 is 27.5 Å². The van der Waals surface area contributed by atoms with Crippen molar-refractivity contribution in [2.24, 2.45) is 5.92 Å². The van der Waals surface area contributed by atoms with Gasteiger partial charge in [-0.3, -0.25) is 4.79 Å². The molecular weight excluding hydrogens is 318 g/mol. The Hall–Kier alpha value is -0.580. The topological polar surface area (TPSA) is 49.3 Å². The van der Waals surface area contributed by atoms with E-state index in [1.165, 1.54) is 0 Å². The first-order chi connectivity index (χ1) is 8.43. The number of aliphatic hydroxyl groups excluding tert-OH is 1. The van der Waals surface area contributed by atoms with Gasteiger partial charge in [0, 0.05) is 10.0 Å². The number of amides is 1. The molecule has 18 heavy (non-hydrogen) atoms. The predicted molar refractivity (Wildman–Crippen MR) is 76.9 cm³/mol. The molecule has 0 aliphatic rings. The van der Waals surface area contributed by atoms with Gasteiger partial charge >= 0.3 is 0 Å². The zero-order valence-electron chi connectivity index (χ0n) is 10.4. The molecule has 3 nitrogen and oxygen atoms in total. The molecule has 0 spiro atoms. The van der Waals surface area contributed by atoms with Gasteiger partial charge in [0.1, 0.15) is 0 Å². The van der Waals surface area contributed by atoms with Crippen molar-refractivity contribution < 1.29 is 9.90 Å². The molecule has 5 heteroatoms. The molecule has 100 valence electrons. The van der Waals surface area contributed by atoms with E-state index >= 15 is 0 Å². The van der Waals surface area contributed by atoms with E-state index in [1.807, 2.05) is 13.8 Å². The predicted octanol–water partition coefficient (Wildman–Crippen LogP) is 3.24. The molecule has 1 unspecified atom stereocenters. The summed E-state index contributed by atoms with van der Waals surface area (Å²) in [6, 6.07) is 4.77. The number of aliphatic hydroxyl groups is 1. The highest BCUT2D eigenvalue weighted by Gasteiger charge is 2.15. The molecule has 1 aromatic rings. The highest BCUT2D eigenvalue weighted by molar-refractivity contribution is 9.10. The summed E-state index contributed by atoms with van der Waals surface area (Å²) in [6.45, 7) is 4.04. The Morgan fingerprint density at radius 1 is 1.50 bits per heavy atom. The second kappa shape index (κ2) is 7.12. The van der Waals surface area contributed by atoms with Crippen LogP contribution in [0, 0.1) is 5.92 Å². The number of nitrogens with one attached hydrogen (secondary N) is 1. The van der Waals surface area contributed by atoms with Gasteiger partial charge in [-0.15, -0.1) is 0 Å². The lowest BCUT2D eigenvalue weighted by Gasteiger charge is -2.18. The van der Waals surface area contributed by atoms with Crippen molar-refractivity contribution in [2.45, 2.75) is 26.3 Å². The summed E-state index contributed by atoms with van der Waals surface area (Å²) < 4.78 is 0.682. The number of benzene rings is 1. The van der Waals surface area contributed by atoms with E-state index in [9.17, 15) is 9.90 Å². The third kappa shape index (κ3) is 4.59. The maximum Gasteiger partial charge on any atom is 0.251 e. The lowest BCUT2D eigenvalue weighted by molar-refractivity contribution is 0.0908. The number of halogens is 2. The molecule has 1 aromatic carbocycles. The number of carbonyl (C=O) groups excluding carboxylic acids is 1. The minimum absolute atomic E-state index is 0.0569. The minimum atomic E-state index is -0.216. The van der Waals surface area contributed by atoms with E-state index in [2.05, 4.69) is 21.2 Å². The molecule has 0 saturated carbocycles. The van der Waals surface area contributed by atoms with Crippen LogP contribution in [0.25, 0.3) is 0 Å². The van der Waals surface area contributed by atoms with E-state index in [1.54, 1.807) is 18.2 Å². The van der Waals surface area contributed by atoms with Gasteiger partial charge in [-0.25, -0.2) is 0 Å². The van der Waals surface area contributed by atoms with Gasteiger partial charge in [-0.1, -0.05) is 25.4 Å². The Kier molecular flexibility index (Phi) is 6.12. The van der Waals surface area contributed by atoms with Crippen molar-refractivity contribution in [2.75, 3.05) is 6.61 Å². The van der Waals surface area contributed by atoms with Crippen LogP contribution in [0.3, 0.4) is 0 Å². The molecule has 0 fully saturated rings. The SMILES string of the molecule is CC(C)CC(CO)NC(=O)c1ccc(Cl)c(Br)c1. The van der Waals surface area contributed by atoms with Gasteiger partial charge in [-0.05, 0) is 46.5 Å². The Balaban J connectivity index is 2.71. The number of hydrogen-bond acceptors (Lipinski definition) is 2. The number of carbonyl (C=O) groups is 1. The highest BCUT2D eigenvalue weighted by Crippen LogP contribution is 2.23. The van der Waals surface area contributed by atoms with Crippen LogP contribution in [-0.4, -0.2) is 23.7 Å². The van der Waals surface area contributed by atoms with Crippen LogP contribution in [-0.2, 0) is 0 Å². The van der Waals surface area contributed by atoms with Crippen LogP contribution in [0.1, 0.15) is 30.6 Å². The van der Waals surface area contributed by atoms with Crippen molar-refractivity contribution in [1.82, 2.24) is 5.32 Å². The fourth-order valence-electron chi connectivity index (χ4n) is 1.65. The lowest BCUT2D eigenvalue weighted by Crippen LogP contribution is -2.38. The van der Waals surface area contributed by atoms with Gasteiger partial charge in [0.25, 0.3) is 5.91 Å². The third-order valence-corrected chi connectivity index (χ3v) is 3.71. The van der Waals surface area contributed by atoms with Crippen molar-refractivity contribution >= 4 is 33.4 Å². The maximum absolute atomic E-state index is 12.0. The van der Waals surface area contributed by atoms with Crippen molar-refractivity contribution in [1.29, 1.82) is 0 Å². The van der Waals surface area contributed by atoms with Crippen molar-refractivity contribution in [3.8, 4) is 0 Å². The first-order valence-corrected chi connectivity index (χ1v) is 6.98. The molecule has 1 atom stereocenters. The van der Waals surface area contributed by atoms with Crippen LogP contribution in [0.4, 0.5) is 0 Å². The standard InChI is InChI=1S/C13H17BrClNO2/c1-8(2)5-10(7-17)16-13(18)9-3-4-12(15)11(14)6-9/h3-4,6,8,10,17H,5,7H2,1-2H3,(H,16,18). The van der Waals surface area contributed by atoms with Crippen molar-refractivity contribution in [3.63, 3.8) is 0 Å². The molecular formula is C13H17BrClNO2. The number of rotatable bonds is 5. The van der Waals surface area contributed by atoms with Crippen molar-refractivity contribution in [3.05, 3.63) is 33.3 Å². The van der Waals surface area contributed by atoms with Crippen LogP contribution in [0.2, 0.25) is 5.02 Å². The molecule has 1 rings (SSSR count). The Morgan fingerprint density at radius 3 is 2.67 bits per heavy atom. The van der Waals surface area contributed by atoms with E-state index in [-0.39, 0.29) is 18.6 Å². The van der Waals surface area contributed by atoms with Gasteiger partial charge in [0.15, 0.2) is 0 Å². The quantitative estimate of drug-likeness (QED) is 0.868. The fraction of sp³-hybridized carbons (Fsp3) is 0.462. The van der Waals surface area contributed by atoms with Gasteiger partial charge in [0.2, 0.25) is 0 Å². The van der Waals surface area contributed by atoms with Crippen LogP contribution < -0.4 is 5.32 Å². The average molecular weight is 335 g/mol. The Labute approximate surface area is 121 Å². The molecule has 2 N–H and O–H groups in total. The minimum Gasteiger partial charge on any atom is -0.394 e. The maximum atomic E-state index is 12.0. The first-order valence-electron chi connectivity index (χ1n) is 5.80. The van der Waals surface area contributed by atoms with Crippen LogP contribution in [0.5, 0.6) is 0 Å². The molecule has 1 amide bonds. The summed E-state index contributed by atoms with van der Waals surface area (Å²) >= 11 is 9.15. The zero-order valence-corrected chi connectivity index (χ0v) is 12.8. The smallest absolute Gasteiger partial charge is 0.251 e. The normalized spacial score (nSPS) is 12.6. The third-order valence-electron chi connectivity index (χ3n) is 2.49. The summed E-state index contributed by atoms with van der Waals surface area (Å²) in [5.41, 5.74) is 0.522. The van der Waals surface area contributed by atoms with Gasteiger partial charge < -0.3 is 10.4 Å². The highest BCUT2D eigenvalue weighted by atomic mass is 79.9. The molecule has 0 bridgehead atoms. The van der Waals surface area contributed by atoms with E-state index in [0.717, 1.165) is 6.42 Å². The number of hydrogen-bond donors (Lipinski definition) is 2. The molecule has 0 saturated heterocycles. The molecule has 0 aliphatic heterocycles. The lowest BCUT2D eigenvalue weighted by atomic mass is 10.0. The Morgan fingerprint density at radius 2 is 2.17 bits per heavy atom. The largest absolute Gasteiger partial charge is 0.394 e. The van der Waals surface area contributed by atoms with Gasteiger partial charge in [0.05, 0.1) is 17.7 Å². The summed E-state index contributed by atoms with van der Waals surface area (Å²) in [5.74, 6) is 0.214. The second-order valence-electron chi connectivity index (χ2n) is 4.61. The fourth-order valence-corrected chi connectivity index (χ4v) is 2.15. The van der Waals surface area contributed by atoms with Gasteiger partial charge in [-0.2, -0.15) is 0 Å². The molecule has 0 radical (unpaired) electrons.